The van der Waals surface area contributed by atoms with Crippen molar-refractivity contribution < 1.29 is 14.3 Å². The lowest BCUT2D eigenvalue weighted by atomic mass is 9.74. The van der Waals surface area contributed by atoms with Gasteiger partial charge in [0, 0.05) is 12.7 Å². The Morgan fingerprint density at radius 2 is 2.15 bits per heavy atom. The van der Waals surface area contributed by atoms with Gasteiger partial charge in [-0.2, -0.15) is 0 Å². The van der Waals surface area contributed by atoms with Crippen molar-refractivity contribution in [3.8, 4) is 0 Å². The van der Waals surface area contributed by atoms with Crippen LogP contribution in [0.3, 0.4) is 0 Å². The topological polar surface area (TPSA) is 81.2 Å². The summed E-state index contributed by atoms with van der Waals surface area (Å²) in [6, 6.07) is 0. The van der Waals surface area contributed by atoms with E-state index in [0.717, 1.165) is 19.3 Å². The van der Waals surface area contributed by atoms with Gasteiger partial charge in [-0.25, -0.2) is 9.97 Å². The van der Waals surface area contributed by atoms with Gasteiger partial charge in [-0.15, -0.1) is 0 Å². The normalized spacial score (nSPS) is 16.2. The fourth-order valence-electron chi connectivity index (χ4n) is 3.11. The Morgan fingerprint density at radius 1 is 1.42 bits per heavy atom. The third-order valence-corrected chi connectivity index (χ3v) is 5.06. The van der Waals surface area contributed by atoms with Crippen LogP contribution in [0, 0.1) is 11.8 Å². The molecule has 2 rings (SSSR count). The van der Waals surface area contributed by atoms with Gasteiger partial charge in [-0.05, 0) is 50.9 Å². The van der Waals surface area contributed by atoms with E-state index in [0.29, 0.717) is 48.5 Å². The largest absolute Gasteiger partial charge is 0.465 e. The molecule has 0 spiro atoms. The fourth-order valence-corrected chi connectivity index (χ4v) is 3.11. The van der Waals surface area contributed by atoms with Crippen molar-refractivity contribution in [2.75, 3.05) is 18.5 Å². The maximum absolute atomic E-state index is 12.9. The van der Waals surface area contributed by atoms with Crippen molar-refractivity contribution in [3.05, 3.63) is 17.5 Å². The first-order chi connectivity index (χ1) is 12.5. The van der Waals surface area contributed by atoms with Gasteiger partial charge in [-0.1, -0.05) is 20.8 Å². The molecule has 1 aromatic heterocycles. The fraction of sp³-hybridized carbons (Fsp3) is 0.700. The van der Waals surface area contributed by atoms with Gasteiger partial charge in [0.15, 0.2) is 6.29 Å². The molecule has 1 heterocycles. The Labute approximate surface area is 156 Å². The molecule has 0 aromatic carbocycles. The number of carbonyl (C=O) groups is 2. The number of anilines is 1. The predicted molar refractivity (Wildman–Crippen MR) is 101 cm³/mol. The van der Waals surface area contributed by atoms with E-state index in [1.807, 2.05) is 6.92 Å². The van der Waals surface area contributed by atoms with Crippen molar-refractivity contribution in [1.29, 1.82) is 0 Å². The van der Waals surface area contributed by atoms with Crippen LogP contribution in [0.4, 0.5) is 5.95 Å². The molecule has 144 valence electrons. The Bertz CT molecular complexity index is 629. The summed E-state index contributed by atoms with van der Waals surface area (Å²) in [5, 5.41) is 3.24. The minimum atomic E-state index is -0.921. The zero-order valence-electron chi connectivity index (χ0n) is 16.4. The number of hydrogen-bond donors (Lipinski definition) is 1. The highest BCUT2D eigenvalue weighted by molar-refractivity contribution is 5.87. The molecular weight excluding hydrogens is 330 g/mol. The monoisotopic (exact) mass is 361 g/mol. The van der Waals surface area contributed by atoms with Gasteiger partial charge in [0.2, 0.25) is 5.95 Å². The second-order valence-electron chi connectivity index (χ2n) is 7.53. The number of esters is 1. The summed E-state index contributed by atoms with van der Waals surface area (Å²) >= 11 is 0. The second-order valence-corrected chi connectivity index (χ2v) is 7.53. The van der Waals surface area contributed by atoms with Crippen molar-refractivity contribution in [2.45, 2.75) is 65.2 Å². The van der Waals surface area contributed by atoms with Crippen LogP contribution in [0.25, 0.3) is 0 Å². The quantitative estimate of drug-likeness (QED) is 0.477. The molecule has 0 bridgehead atoms. The third kappa shape index (κ3) is 4.80. The third-order valence-electron chi connectivity index (χ3n) is 5.06. The summed E-state index contributed by atoms with van der Waals surface area (Å²) in [5.74, 6) is 1.28. The summed E-state index contributed by atoms with van der Waals surface area (Å²) in [4.78, 5) is 33.5. The lowest BCUT2D eigenvalue weighted by Gasteiger charge is -2.31. The second kappa shape index (κ2) is 9.10. The zero-order chi connectivity index (χ0) is 19.2. The van der Waals surface area contributed by atoms with Crippen LogP contribution in [0.1, 0.15) is 75.9 Å². The molecule has 1 unspecified atom stereocenters. The highest BCUT2D eigenvalue weighted by atomic mass is 16.5. The van der Waals surface area contributed by atoms with Gasteiger partial charge in [0.25, 0.3) is 0 Å². The molecule has 1 fully saturated rings. The first kappa shape index (κ1) is 20.3. The minimum Gasteiger partial charge on any atom is -0.465 e. The summed E-state index contributed by atoms with van der Waals surface area (Å²) in [7, 11) is 0. The number of hydrogen-bond acceptors (Lipinski definition) is 6. The molecule has 1 saturated carbocycles. The van der Waals surface area contributed by atoms with E-state index in [9.17, 15) is 9.59 Å². The Kier molecular flexibility index (Phi) is 7.12. The lowest BCUT2D eigenvalue weighted by molar-refractivity contribution is -0.151. The van der Waals surface area contributed by atoms with Crippen molar-refractivity contribution in [3.63, 3.8) is 0 Å². The SMILES string of the molecule is CCOC(=O)C(CC)(CCC(C)C)c1nc(NCC2CC2)ncc1C=O. The van der Waals surface area contributed by atoms with Gasteiger partial charge >= 0.3 is 5.97 Å². The molecule has 0 radical (unpaired) electrons. The van der Waals surface area contributed by atoms with E-state index in [4.69, 9.17) is 4.74 Å². The zero-order valence-corrected chi connectivity index (χ0v) is 16.4. The Balaban J connectivity index is 2.42. The maximum atomic E-state index is 12.9. The van der Waals surface area contributed by atoms with Crippen molar-refractivity contribution in [1.82, 2.24) is 9.97 Å². The summed E-state index contributed by atoms with van der Waals surface area (Å²) in [6.07, 6.45) is 6.67. The van der Waals surface area contributed by atoms with Crippen LogP contribution in [0.5, 0.6) is 0 Å². The van der Waals surface area contributed by atoms with E-state index in [1.165, 1.54) is 19.0 Å². The molecule has 6 nitrogen and oxygen atoms in total. The summed E-state index contributed by atoms with van der Waals surface area (Å²) in [6.45, 7) is 9.11. The molecular formula is C20H31N3O3. The van der Waals surface area contributed by atoms with Crippen LogP contribution in [0.2, 0.25) is 0 Å². The number of ether oxygens (including phenoxy) is 1. The average Bonchev–Trinajstić information content (AvgIpc) is 3.45. The molecule has 0 aliphatic heterocycles. The predicted octanol–water partition coefficient (Wildman–Crippen LogP) is 3.76. The number of aldehydes is 1. The van der Waals surface area contributed by atoms with Crippen molar-refractivity contribution >= 4 is 18.2 Å². The van der Waals surface area contributed by atoms with Gasteiger partial charge in [0.05, 0.1) is 17.9 Å². The highest BCUT2D eigenvalue weighted by Crippen LogP contribution is 2.37. The molecule has 0 saturated heterocycles. The summed E-state index contributed by atoms with van der Waals surface area (Å²) < 4.78 is 5.40. The lowest BCUT2D eigenvalue weighted by Crippen LogP contribution is -2.39. The Morgan fingerprint density at radius 3 is 2.69 bits per heavy atom. The molecule has 1 aliphatic rings. The van der Waals surface area contributed by atoms with Gasteiger partial charge in [0.1, 0.15) is 5.41 Å². The molecule has 1 N–H and O–H groups in total. The average molecular weight is 361 g/mol. The standard InChI is InChI=1S/C20H31N3O3/c1-5-20(10-9-14(3)4,18(25)26-6-2)17-16(13-24)12-22-19(23-17)21-11-15-7-8-15/h12-15H,5-11H2,1-4H3,(H,21,22,23). The molecule has 1 aliphatic carbocycles. The molecule has 6 heteroatoms. The van der Waals surface area contributed by atoms with Gasteiger partial charge in [-0.3, -0.25) is 9.59 Å². The molecule has 0 amide bonds. The van der Waals surface area contributed by atoms with Crippen LogP contribution in [0.15, 0.2) is 6.20 Å². The van der Waals surface area contributed by atoms with Crippen LogP contribution in [-0.2, 0) is 14.9 Å². The van der Waals surface area contributed by atoms with Crippen LogP contribution in [-0.4, -0.2) is 35.4 Å². The van der Waals surface area contributed by atoms with E-state index in [1.54, 1.807) is 6.92 Å². The molecule has 26 heavy (non-hydrogen) atoms. The number of carbonyl (C=O) groups excluding carboxylic acids is 2. The smallest absolute Gasteiger partial charge is 0.318 e. The van der Waals surface area contributed by atoms with Gasteiger partial charge < -0.3 is 10.1 Å². The van der Waals surface area contributed by atoms with Crippen LogP contribution < -0.4 is 5.32 Å². The number of aromatic nitrogens is 2. The summed E-state index contributed by atoms with van der Waals surface area (Å²) in [5.41, 5.74) is -0.0711. The Hall–Kier alpha value is -1.98. The van der Waals surface area contributed by atoms with E-state index in [-0.39, 0.29) is 5.97 Å². The first-order valence-corrected chi connectivity index (χ1v) is 9.70. The van der Waals surface area contributed by atoms with E-state index in [2.05, 4.69) is 29.1 Å². The van der Waals surface area contributed by atoms with Crippen LogP contribution >= 0.6 is 0 Å². The number of nitrogens with one attached hydrogen (secondary N) is 1. The number of rotatable bonds is 11. The minimum absolute atomic E-state index is 0.302. The van der Waals surface area contributed by atoms with Crippen molar-refractivity contribution in [2.24, 2.45) is 11.8 Å². The van der Waals surface area contributed by atoms with E-state index < -0.39 is 5.41 Å². The molecule has 1 aromatic rings. The van der Waals surface area contributed by atoms with E-state index >= 15 is 0 Å². The highest BCUT2D eigenvalue weighted by Gasteiger charge is 2.43. The maximum Gasteiger partial charge on any atom is 0.318 e. The molecule has 1 atom stereocenters. The number of nitrogens with zero attached hydrogens (tertiary/aromatic N) is 2. The first-order valence-electron chi connectivity index (χ1n) is 9.70.